The molecule has 0 unspecified atom stereocenters. The maximum atomic E-state index is 9.11. The minimum atomic E-state index is 0.204. The highest BCUT2D eigenvalue weighted by Crippen LogP contribution is 2.26. The summed E-state index contributed by atoms with van der Waals surface area (Å²) < 4.78 is 0. The number of nitriles is 1. The molecule has 0 aromatic carbocycles. The lowest BCUT2D eigenvalue weighted by Crippen LogP contribution is -2.48. The molecule has 2 aliphatic rings. The molecule has 0 radical (unpaired) electrons. The monoisotopic (exact) mass is 221 g/mol. The maximum Gasteiger partial charge on any atom is 0.0980 e. The van der Waals surface area contributed by atoms with Crippen molar-refractivity contribution in [2.75, 3.05) is 19.6 Å². The average Bonchev–Trinajstić information content (AvgIpc) is 2.77. The van der Waals surface area contributed by atoms with E-state index in [2.05, 4.69) is 29.7 Å². The predicted molar refractivity (Wildman–Crippen MR) is 65.1 cm³/mol. The van der Waals surface area contributed by atoms with Crippen LogP contribution >= 0.6 is 0 Å². The topological polar surface area (TPSA) is 30.3 Å². The van der Waals surface area contributed by atoms with Crippen LogP contribution in [0.15, 0.2) is 0 Å². The molecule has 0 amide bonds. The lowest BCUT2D eigenvalue weighted by Gasteiger charge is -2.39. The van der Waals surface area contributed by atoms with Crippen LogP contribution in [0.2, 0.25) is 0 Å². The van der Waals surface area contributed by atoms with E-state index >= 15 is 0 Å². The van der Waals surface area contributed by atoms with Crippen molar-refractivity contribution in [3.63, 3.8) is 0 Å². The summed E-state index contributed by atoms with van der Waals surface area (Å²) in [5.41, 5.74) is 0. The lowest BCUT2D eigenvalue weighted by molar-refractivity contribution is 0.0957. The molecule has 90 valence electrons. The summed E-state index contributed by atoms with van der Waals surface area (Å²) in [5, 5.41) is 9.11. The second-order valence-corrected chi connectivity index (χ2v) is 5.39. The highest BCUT2D eigenvalue weighted by Gasteiger charge is 2.32. The van der Waals surface area contributed by atoms with Gasteiger partial charge in [0.1, 0.15) is 0 Å². The van der Waals surface area contributed by atoms with E-state index in [1.807, 2.05) is 0 Å². The summed E-state index contributed by atoms with van der Waals surface area (Å²) >= 11 is 0. The SMILES string of the molecule is CC(C)N1CCC(N2CCC[C@@H]2C#N)CC1. The maximum absolute atomic E-state index is 9.11. The molecule has 0 spiro atoms. The van der Waals surface area contributed by atoms with Crippen molar-refractivity contribution in [1.29, 1.82) is 5.26 Å². The quantitative estimate of drug-likeness (QED) is 0.713. The van der Waals surface area contributed by atoms with Crippen LogP contribution in [0.5, 0.6) is 0 Å². The molecule has 16 heavy (non-hydrogen) atoms. The number of hydrogen-bond donors (Lipinski definition) is 0. The second-order valence-electron chi connectivity index (χ2n) is 5.39. The van der Waals surface area contributed by atoms with Gasteiger partial charge in [-0.15, -0.1) is 0 Å². The zero-order valence-electron chi connectivity index (χ0n) is 10.5. The van der Waals surface area contributed by atoms with Gasteiger partial charge in [-0.25, -0.2) is 0 Å². The van der Waals surface area contributed by atoms with Gasteiger partial charge < -0.3 is 4.90 Å². The van der Waals surface area contributed by atoms with Crippen molar-refractivity contribution < 1.29 is 0 Å². The molecule has 0 saturated carbocycles. The van der Waals surface area contributed by atoms with Crippen molar-refractivity contribution in [3.05, 3.63) is 0 Å². The highest BCUT2D eigenvalue weighted by atomic mass is 15.2. The first kappa shape index (κ1) is 11.9. The Kier molecular flexibility index (Phi) is 3.83. The third kappa shape index (κ3) is 2.39. The first-order valence-electron chi connectivity index (χ1n) is 6.62. The van der Waals surface area contributed by atoms with Gasteiger partial charge in [-0.3, -0.25) is 4.90 Å². The van der Waals surface area contributed by atoms with Gasteiger partial charge in [0.15, 0.2) is 0 Å². The van der Waals surface area contributed by atoms with Gasteiger partial charge in [-0.2, -0.15) is 5.26 Å². The molecule has 0 bridgehead atoms. The molecular weight excluding hydrogens is 198 g/mol. The Balaban J connectivity index is 1.87. The van der Waals surface area contributed by atoms with Gasteiger partial charge in [0.05, 0.1) is 12.1 Å². The number of likely N-dealkylation sites (tertiary alicyclic amines) is 2. The Morgan fingerprint density at radius 2 is 1.81 bits per heavy atom. The van der Waals surface area contributed by atoms with Gasteiger partial charge >= 0.3 is 0 Å². The van der Waals surface area contributed by atoms with Gasteiger partial charge in [0.2, 0.25) is 0 Å². The van der Waals surface area contributed by atoms with E-state index in [1.165, 1.54) is 32.4 Å². The van der Waals surface area contributed by atoms with Crippen molar-refractivity contribution in [2.45, 2.75) is 57.7 Å². The van der Waals surface area contributed by atoms with Crippen LogP contribution in [0.3, 0.4) is 0 Å². The smallest absolute Gasteiger partial charge is 0.0980 e. The van der Waals surface area contributed by atoms with Crippen molar-refractivity contribution in [1.82, 2.24) is 9.80 Å². The van der Waals surface area contributed by atoms with E-state index in [0.29, 0.717) is 12.1 Å². The molecule has 0 N–H and O–H groups in total. The zero-order valence-corrected chi connectivity index (χ0v) is 10.5. The molecule has 0 aromatic heterocycles. The normalized spacial score (nSPS) is 29.8. The Labute approximate surface area is 99.0 Å². The second kappa shape index (κ2) is 5.16. The summed E-state index contributed by atoms with van der Waals surface area (Å²) in [6.45, 7) is 8.10. The van der Waals surface area contributed by atoms with Gasteiger partial charge in [-0.05, 0) is 59.2 Å². The van der Waals surface area contributed by atoms with Crippen molar-refractivity contribution in [2.24, 2.45) is 0 Å². The van der Waals surface area contributed by atoms with Gasteiger partial charge in [-0.1, -0.05) is 0 Å². The predicted octanol–water partition coefficient (Wildman–Crippen LogP) is 1.85. The first-order valence-corrected chi connectivity index (χ1v) is 6.62. The molecule has 2 aliphatic heterocycles. The Hall–Kier alpha value is -0.590. The van der Waals surface area contributed by atoms with E-state index in [-0.39, 0.29) is 6.04 Å². The fourth-order valence-corrected chi connectivity index (χ4v) is 3.10. The molecular formula is C13H23N3. The van der Waals surface area contributed by atoms with E-state index in [9.17, 15) is 0 Å². The molecule has 2 heterocycles. The third-order valence-corrected chi connectivity index (χ3v) is 4.14. The summed E-state index contributed by atoms with van der Waals surface area (Å²) in [5.74, 6) is 0. The molecule has 3 nitrogen and oxygen atoms in total. The largest absolute Gasteiger partial charge is 0.301 e. The fraction of sp³-hybridized carbons (Fsp3) is 0.923. The van der Waals surface area contributed by atoms with Crippen molar-refractivity contribution >= 4 is 0 Å². The Morgan fingerprint density at radius 1 is 1.12 bits per heavy atom. The molecule has 2 fully saturated rings. The molecule has 0 aliphatic carbocycles. The van der Waals surface area contributed by atoms with Crippen LogP contribution in [0, 0.1) is 11.3 Å². The summed E-state index contributed by atoms with van der Waals surface area (Å²) in [6.07, 6.45) is 4.79. The molecule has 3 heteroatoms. The standard InChI is InChI=1S/C13H23N3/c1-11(2)15-8-5-12(6-9-15)16-7-3-4-13(16)10-14/h11-13H,3-9H2,1-2H3/t13-/m1/s1. The van der Waals surface area contributed by atoms with Crippen LogP contribution in [0.25, 0.3) is 0 Å². The molecule has 1 atom stereocenters. The number of piperidine rings is 1. The van der Waals surface area contributed by atoms with E-state index in [0.717, 1.165) is 13.0 Å². The Morgan fingerprint density at radius 3 is 2.38 bits per heavy atom. The molecule has 2 saturated heterocycles. The first-order chi connectivity index (χ1) is 7.72. The van der Waals surface area contributed by atoms with Crippen LogP contribution in [-0.2, 0) is 0 Å². The summed E-state index contributed by atoms with van der Waals surface area (Å²) in [4.78, 5) is 5.01. The van der Waals surface area contributed by atoms with Crippen molar-refractivity contribution in [3.8, 4) is 6.07 Å². The minimum absolute atomic E-state index is 0.204. The van der Waals surface area contributed by atoms with Crippen LogP contribution in [0.1, 0.15) is 39.5 Å². The third-order valence-electron chi connectivity index (χ3n) is 4.14. The van der Waals surface area contributed by atoms with Gasteiger partial charge in [0, 0.05) is 12.1 Å². The number of rotatable bonds is 2. The van der Waals surface area contributed by atoms with E-state index in [1.54, 1.807) is 0 Å². The van der Waals surface area contributed by atoms with E-state index in [4.69, 9.17) is 5.26 Å². The summed E-state index contributed by atoms with van der Waals surface area (Å²) in [6, 6.07) is 4.00. The van der Waals surface area contributed by atoms with E-state index < -0.39 is 0 Å². The summed E-state index contributed by atoms with van der Waals surface area (Å²) in [7, 11) is 0. The van der Waals surface area contributed by atoms with Gasteiger partial charge in [0.25, 0.3) is 0 Å². The van der Waals surface area contributed by atoms with Crippen LogP contribution in [-0.4, -0.2) is 47.6 Å². The Bertz CT molecular complexity index is 261. The average molecular weight is 221 g/mol. The fourth-order valence-electron chi connectivity index (χ4n) is 3.10. The highest BCUT2D eigenvalue weighted by molar-refractivity contribution is 4.99. The minimum Gasteiger partial charge on any atom is -0.301 e. The molecule has 0 aromatic rings. The lowest BCUT2D eigenvalue weighted by atomic mass is 10.0. The van der Waals surface area contributed by atoms with Crippen LogP contribution in [0.4, 0.5) is 0 Å². The molecule has 2 rings (SSSR count). The number of hydrogen-bond acceptors (Lipinski definition) is 3. The van der Waals surface area contributed by atoms with Crippen LogP contribution < -0.4 is 0 Å². The number of nitrogens with zero attached hydrogens (tertiary/aromatic N) is 3. The zero-order chi connectivity index (χ0) is 11.5.